The van der Waals surface area contributed by atoms with Gasteiger partial charge in [-0.25, -0.2) is 0 Å². The van der Waals surface area contributed by atoms with Crippen molar-refractivity contribution in [2.45, 2.75) is 47.1 Å². The molecule has 0 radical (unpaired) electrons. The third kappa shape index (κ3) is 8.40. The number of aliphatic hydroxyl groups excluding tert-OH is 1. The number of carbonyl (C=O) groups is 1. The van der Waals surface area contributed by atoms with Crippen molar-refractivity contribution in [1.29, 1.82) is 0 Å². The van der Waals surface area contributed by atoms with Gasteiger partial charge in [-0.15, -0.1) is 0 Å². The number of ether oxygens (including phenoxy) is 2. The zero-order valence-corrected chi connectivity index (χ0v) is 26.0. The van der Waals surface area contributed by atoms with E-state index >= 15 is 0 Å². The van der Waals surface area contributed by atoms with Crippen LogP contribution in [0.4, 0.5) is 0 Å². The van der Waals surface area contributed by atoms with Gasteiger partial charge in [-0.2, -0.15) is 0 Å². The third-order valence-electron chi connectivity index (χ3n) is 6.81. The van der Waals surface area contributed by atoms with Crippen LogP contribution in [0.15, 0.2) is 56.9 Å². The Kier molecular flexibility index (Phi) is 12.4. The Morgan fingerprint density at radius 1 is 0.886 bits per heavy atom. The van der Waals surface area contributed by atoms with Gasteiger partial charge < -0.3 is 46.2 Å². The van der Waals surface area contributed by atoms with Crippen molar-refractivity contribution in [3.63, 3.8) is 0 Å². The maximum absolute atomic E-state index is 14.2. The minimum Gasteiger partial charge on any atom is -0.507 e. The first-order valence-electron chi connectivity index (χ1n) is 14.5. The Labute approximate surface area is 257 Å². The highest BCUT2D eigenvalue weighted by molar-refractivity contribution is 5.97. The van der Waals surface area contributed by atoms with Gasteiger partial charge in [0.1, 0.15) is 40.4 Å². The Morgan fingerprint density at radius 2 is 1.43 bits per heavy atom. The molecule has 11 nitrogen and oxygen atoms in total. The molecule has 0 fully saturated rings. The van der Waals surface area contributed by atoms with Gasteiger partial charge in [0, 0.05) is 55.1 Å². The lowest BCUT2D eigenvalue weighted by Gasteiger charge is -2.18. The number of phenols is 1. The number of nitrogens with two attached hydrogens (primary N) is 2. The smallest absolute Gasteiger partial charge is 0.257 e. The third-order valence-corrected chi connectivity index (χ3v) is 6.81. The molecule has 1 aromatic heterocycles. The summed E-state index contributed by atoms with van der Waals surface area (Å²) in [4.78, 5) is 26.4. The number of aliphatic hydroxyl groups is 1. The second-order valence-electron chi connectivity index (χ2n) is 10.9. The zero-order valence-electron chi connectivity index (χ0n) is 26.0. The number of allylic oxidation sites excluding steroid dienone is 4. The number of rotatable bonds is 16. The minimum absolute atomic E-state index is 0.000685. The highest BCUT2D eigenvalue weighted by Crippen LogP contribution is 2.39. The SMILES string of the molecule is C=C(COc1cc2oc3cc(OCC(=O)NCCN)c(CO)c(CC=C(C)C)c3c(=O)c2c(O)c1CC=C(C)C)NCCN. The highest BCUT2D eigenvalue weighted by Gasteiger charge is 2.24. The maximum Gasteiger partial charge on any atom is 0.257 e. The van der Waals surface area contributed by atoms with Crippen LogP contribution in [0.1, 0.15) is 44.4 Å². The van der Waals surface area contributed by atoms with Crippen LogP contribution in [0.3, 0.4) is 0 Å². The van der Waals surface area contributed by atoms with Crippen molar-refractivity contribution in [2.24, 2.45) is 11.5 Å². The fraction of sp³-hybridized carbons (Fsp3) is 0.394. The summed E-state index contributed by atoms with van der Waals surface area (Å²) in [7, 11) is 0. The Morgan fingerprint density at radius 3 is 2.02 bits per heavy atom. The van der Waals surface area contributed by atoms with E-state index in [9.17, 15) is 19.8 Å². The molecular formula is C33H44N4O7. The second kappa shape index (κ2) is 15.9. The maximum atomic E-state index is 14.2. The molecule has 0 atom stereocenters. The molecule has 1 heterocycles. The standard InChI is InChI=1S/C33H44N4O7/c1-19(2)6-8-22-24(16-38)26(43-18-29(39)37-13-11-35)15-27-30(22)33(41)31-28(44-27)14-25(42-17-21(5)36-12-10-34)23(32(31)40)9-7-20(3)4/h6-7,14-15,36,38,40H,5,8-13,16-18,34-35H2,1-4H3,(H,37,39). The lowest BCUT2D eigenvalue weighted by Crippen LogP contribution is -2.33. The van der Waals surface area contributed by atoms with Gasteiger partial charge in [-0.1, -0.05) is 29.9 Å². The Balaban J connectivity index is 2.29. The molecule has 3 aromatic rings. The zero-order chi connectivity index (χ0) is 32.4. The Bertz CT molecular complexity index is 1630. The first-order valence-corrected chi connectivity index (χ1v) is 14.5. The molecule has 0 spiro atoms. The molecule has 0 saturated carbocycles. The summed E-state index contributed by atoms with van der Waals surface area (Å²) in [5.74, 6) is -0.105. The number of benzene rings is 2. The van der Waals surface area contributed by atoms with Gasteiger partial charge in [0.05, 0.1) is 12.0 Å². The van der Waals surface area contributed by atoms with Crippen LogP contribution in [0.25, 0.3) is 21.9 Å². The van der Waals surface area contributed by atoms with E-state index in [0.717, 1.165) is 11.1 Å². The van der Waals surface area contributed by atoms with E-state index in [1.54, 1.807) is 6.07 Å². The molecule has 1 amide bonds. The monoisotopic (exact) mass is 608 g/mol. The first kappa shape index (κ1) is 34.2. The summed E-state index contributed by atoms with van der Waals surface area (Å²) >= 11 is 0. The summed E-state index contributed by atoms with van der Waals surface area (Å²) in [6.45, 7) is 12.5. The van der Waals surface area contributed by atoms with Crippen LogP contribution in [0.5, 0.6) is 17.2 Å². The summed E-state index contributed by atoms with van der Waals surface area (Å²) in [6.07, 6.45) is 4.43. The van der Waals surface area contributed by atoms with Gasteiger partial charge in [0.2, 0.25) is 5.43 Å². The van der Waals surface area contributed by atoms with E-state index in [2.05, 4.69) is 17.2 Å². The molecule has 11 heteroatoms. The van der Waals surface area contributed by atoms with E-state index in [1.807, 2.05) is 39.8 Å². The molecule has 238 valence electrons. The topological polar surface area (TPSA) is 182 Å². The van der Waals surface area contributed by atoms with E-state index in [4.69, 9.17) is 25.4 Å². The summed E-state index contributed by atoms with van der Waals surface area (Å²) in [5, 5.41) is 27.8. The minimum atomic E-state index is -0.461. The number of hydrogen-bond acceptors (Lipinski definition) is 10. The van der Waals surface area contributed by atoms with E-state index in [-0.39, 0.29) is 65.5 Å². The number of carbonyl (C=O) groups excluding carboxylic acids is 1. The van der Waals surface area contributed by atoms with E-state index < -0.39 is 12.0 Å². The average Bonchev–Trinajstić information content (AvgIpc) is 2.98. The lowest BCUT2D eigenvalue weighted by molar-refractivity contribution is -0.123. The van der Waals surface area contributed by atoms with Gasteiger partial charge >= 0.3 is 0 Å². The van der Waals surface area contributed by atoms with Crippen LogP contribution < -0.4 is 37.0 Å². The van der Waals surface area contributed by atoms with Gasteiger partial charge in [0.15, 0.2) is 6.61 Å². The summed E-state index contributed by atoms with van der Waals surface area (Å²) in [6, 6.07) is 3.06. The van der Waals surface area contributed by atoms with Crippen molar-refractivity contribution in [2.75, 3.05) is 39.4 Å². The molecule has 0 aliphatic rings. The average molecular weight is 609 g/mol. The number of hydrogen-bond donors (Lipinski definition) is 6. The fourth-order valence-corrected chi connectivity index (χ4v) is 4.60. The molecule has 0 unspecified atom stereocenters. The fourth-order valence-electron chi connectivity index (χ4n) is 4.60. The van der Waals surface area contributed by atoms with Crippen molar-refractivity contribution < 1.29 is 28.9 Å². The Hall–Kier alpha value is -4.32. The number of aromatic hydroxyl groups is 1. The molecule has 2 aromatic carbocycles. The molecule has 0 saturated heterocycles. The number of fused-ring (bicyclic) bond motifs is 2. The van der Waals surface area contributed by atoms with E-state index in [0.29, 0.717) is 54.2 Å². The quantitative estimate of drug-likeness (QED) is 0.104. The van der Waals surface area contributed by atoms with Crippen LogP contribution in [-0.2, 0) is 24.2 Å². The second-order valence-corrected chi connectivity index (χ2v) is 10.9. The molecule has 8 N–H and O–H groups in total. The van der Waals surface area contributed by atoms with E-state index in [1.165, 1.54) is 6.07 Å². The van der Waals surface area contributed by atoms with Crippen molar-refractivity contribution >= 4 is 27.8 Å². The first-order chi connectivity index (χ1) is 21.0. The summed E-state index contributed by atoms with van der Waals surface area (Å²) in [5.41, 5.74) is 14.7. The molecule has 0 bridgehead atoms. The normalized spacial score (nSPS) is 10.9. The lowest BCUT2D eigenvalue weighted by atomic mass is 9.95. The molecule has 44 heavy (non-hydrogen) atoms. The number of amides is 1. The van der Waals surface area contributed by atoms with Crippen molar-refractivity contribution in [3.8, 4) is 17.2 Å². The van der Waals surface area contributed by atoms with Crippen molar-refractivity contribution in [3.05, 3.63) is 74.6 Å². The van der Waals surface area contributed by atoms with Gasteiger partial charge in [-0.3, -0.25) is 9.59 Å². The van der Waals surface area contributed by atoms with Crippen LogP contribution >= 0.6 is 0 Å². The number of phenolic OH excluding ortho intramolecular Hbond substituents is 1. The van der Waals surface area contributed by atoms with Crippen LogP contribution in [-0.4, -0.2) is 55.5 Å². The van der Waals surface area contributed by atoms with Gasteiger partial charge in [-0.05, 0) is 46.1 Å². The van der Waals surface area contributed by atoms with Crippen molar-refractivity contribution in [1.82, 2.24) is 10.6 Å². The van der Waals surface area contributed by atoms with Crippen LogP contribution in [0, 0.1) is 0 Å². The summed E-state index contributed by atoms with van der Waals surface area (Å²) < 4.78 is 18.1. The molecule has 0 aliphatic carbocycles. The molecule has 0 aliphatic heterocycles. The predicted octanol–water partition coefficient (Wildman–Crippen LogP) is 3.06. The largest absolute Gasteiger partial charge is 0.507 e. The van der Waals surface area contributed by atoms with Gasteiger partial charge in [0.25, 0.3) is 5.91 Å². The molecule has 3 rings (SSSR count). The van der Waals surface area contributed by atoms with Crippen LogP contribution in [0.2, 0.25) is 0 Å². The highest BCUT2D eigenvalue weighted by atomic mass is 16.5. The predicted molar refractivity (Wildman–Crippen MR) is 173 cm³/mol. The molecular weight excluding hydrogens is 564 g/mol. The number of nitrogens with one attached hydrogen (secondary N) is 2.